The Morgan fingerprint density at radius 2 is 0.939 bits per heavy atom. The molecule has 1 aliphatic carbocycles. The molecule has 0 fully saturated rings. The fourth-order valence-corrected chi connectivity index (χ4v) is 8.23. The molecule has 0 N–H and O–H groups in total. The lowest BCUT2D eigenvalue weighted by Gasteiger charge is -2.34. The van der Waals surface area contributed by atoms with E-state index >= 15 is 0 Å². The molecule has 0 amide bonds. The zero-order valence-electron chi connectivity index (χ0n) is 26.8. The number of rotatable bonds is 5. The van der Waals surface area contributed by atoms with Gasteiger partial charge in [-0.2, -0.15) is 0 Å². The van der Waals surface area contributed by atoms with Crippen LogP contribution >= 0.6 is 0 Å². The van der Waals surface area contributed by atoms with E-state index in [0.717, 1.165) is 49.8 Å². The van der Waals surface area contributed by atoms with Crippen molar-refractivity contribution in [3.8, 4) is 11.1 Å². The Hall–Kier alpha value is -6.38. The zero-order chi connectivity index (χ0) is 32.4. The van der Waals surface area contributed by atoms with Gasteiger partial charge >= 0.3 is 0 Å². The topological polar surface area (TPSA) is 16.4 Å². The quantitative estimate of drug-likeness (QED) is 0.189. The number of anilines is 3. The molecule has 0 unspecified atom stereocenters. The lowest BCUT2D eigenvalue weighted by Crippen LogP contribution is -2.28. The highest BCUT2D eigenvalue weighted by atomic mass is 16.3. The highest BCUT2D eigenvalue weighted by molar-refractivity contribution is 6.15. The van der Waals surface area contributed by atoms with Crippen molar-refractivity contribution in [3.63, 3.8) is 0 Å². The number of hydrogen-bond acceptors (Lipinski definition) is 2. The van der Waals surface area contributed by atoms with Gasteiger partial charge in [0.15, 0.2) is 0 Å². The van der Waals surface area contributed by atoms with Crippen LogP contribution in [0.1, 0.15) is 22.3 Å². The van der Waals surface area contributed by atoms with Crippen LogP contribution in [0.4, 0.5) is 17.1 Å². The van der Waals surface area contributed by atoms with E-state index in [2.05, 4.69) is 181 Å². The first kappa shape index (κ1) is 27.7. The molecule has 0 bridgehead atoms. The largest absolute Gasteiger partial charge is 0.455 e. The predicted molar refractivity (Wildman–Crippen MR) is 203 cm³/mol. The SMILES string of the molecule is c1ccc(N(c2ccc(C3(c4ccccc4)c4ccccc4-c4ccccc43)cc2)c2ccc3ccc4c5ccccc5oc4c3c2)cc1. The Morgan fingerprint density at radius 1 is 0.388 bits per heavy atom. The van der Waals surface area contributed by atoms with Crippen LogP contribution in [0.15, 0.2) is 192 Å². The van der Waals surface area contributed by atoms with E-state index in [1.54, 1.807) is 0 Å². The van der Waals surface area contributed by atoms with Gasteiger partial charge in [-0.05, 0) is 87.3 Å². The fourth-order valence-electron chi connectivity index (χ4n) is 8.23. The molecule has 230 valence electrons. The van der Waals surface area contributed by atoms with Crippen molar-refractivity contribution in [2.24, 2.45) is 0 Å². The lowest BCUT2D eigenvalue weighted by atomic mass is 9.68. The van der Waals surface area contributed by atoms with E-state index in [1.165, 1.54) is 33.4 Å². The number of para-hydroxylation sites is 2. The third kappa shape index (κ3) is 4.07. The lowest BCUT2D eigenvalue weighted by molar-refractivity contribution is 0.672. The average Bonchev–Trinajstić information content (AvgIpc) is 3.71. The summed E-state index contributed by atoms with van der Waals surface area (Å²) in [5.41, 5.74) is 12.4. The van der Waals surface area contributed by atoms with Gasteiger partial charge in [0.25, 0.3) is 0 Å². The maximum atomic E-state index is 6.48. The third-order valence-corrected chi connectivity index (χ3v) is 10.3. The summed E-state index contributed by atoms with van der Waals surface area (Å²) in [7, 11) is 0. The van der Waals surface area contributed by atoms with Crippen LogP contribution in [-0.2, 0) is 5.41 Å². The fraction of sp³-hybridized carbons (Fsp3) is 0.0213. The molecule has 2 heteroatoms. The first-order valence-electron chi connectivity index (χ1n) is 16.9. The predicted octanol–water partition coefficient (Wildman–Crippen LogP) is 12.6. The second kappa shape index (κ2) is 10.8. The Morgan fingerprint density at radius 3 is 1.67 bits per heavy atom. The molecular formula is C47H31NO. The van der Waals surface area contributed by atoms with Gasteiger partial charge in [-0.15, -0.1) is 0 Å². The van der Waals surface area contributed by atoms with Crippen LogP contribution in [0.25, 0.3) is 43.8 Å². The van der Waals surface area contributed by atoms with E-state index in [1.807, 2.05) is 12.1 Å². The van der Waals surface area contributed by atoms with E-state index in [4.69, 9.17) is 4.42 Å². The van der Waals surface area contributed by atoms with Crippen molar-refractivity contribution < 1.29 is 4.42 Å². The molecule has 0 spiro atoms. The van der Waals surface area contributed by atoms with Crippen molar-refractivity contribution in [1.82, 2.24) is 0 Å². The minimum atomic E-state index is -0.430. The molecule has 0 aliphatic heterocycles. The van der Waals surface area contributed by atoms with Crippen molar-refractivity contribution >= 4 is 49.8 Å². The minimum Gasteiger partial charge on any atom is -0.455 e. The van der Waals surface area contributed by atoms with Gasteiger partial charge in [0.1, 0.15) is 11.2 Å². The zero-order valence-corrected chi connectivity index (χ0v) is 26.8. The second-order valence-electron chi connectivity index (χ2n) is 12.9. The highest BCUT2D eigenvalue weighted by Gasteiger charge is 2.45. The van der Waals surface area contributed by atoms with Crippen molar-refractivity contribution in [3.05, 3.63) is 210 Å². The van der Waals surface area contributed by atoms with E-state index in [-0.39, 0.29) is 0 Å². The molecule has 1 aromatic heterocycles. The molecule has 0 saturated heterocycles. The van der Waals surface area contributed by atoms with Gasteiger partial charge in [-0.25, -0.2) is 0 Å². The van der Waals surface area contributed by atoms with E-state index in [0.29, 0.717) is 0 Å². The molecule has 1 heterocycles. The molecular weight excluding hydrogens is 595 g/mol. The summed E-state index contributed by atoms with van der Waals surface area (Å²) < 4.78 is 6.48. The summed E-state index contributed by atoms with van der Waals surface area (Å²) in [6, 6.07) is 68.0. The van der Waals surface area contributed by atoms with Crippen LogP contribution in [0.5, 0.6) is 0 Å². The van der Waals surface area contributed by atoms with Crippen molar-refractivity contribution in [1.29, 1.82) is 0 Å². The maximum Gasteiger partial charge on any atom is 0.143 e. The number of nitrogens with zero attached hydrogens (tertiary/aromatic N) is 1. The highest BCUT2D eigenvalue weighted by Crippen LogP contribution is 2.56. The average molecular weight is 626 g/mol. The first-order chi connectivity index (χ1) is 24.3. The maximum absolute atomic E-state index is 6.48. The Balaban J connectivity index is 1.17. The Bertz CT molecular complexity index is 2610. The number of benzene rings is 8. The van der Waals surface area contributed by atoms with Crippen LogP contribution in [0.3, 0.4) is 0 Å². The second-order valence-corrected chi connectivity index (χ2v) is 12.9. The normalized spacial score (nSPS) is 13.1. The Labute approximate surface area is 285 Å². The molecule has 0 radical (unpaired) electrons. The van der Waals surface area contributed by atoms with Crippen LogP contribution < -0.4 is 4.90 Å². The molecule has 1 aliphatic rings. The number of fused-ring (bicyclic) bond motifs is 8. The van der Waals surface area contributed by atoms with Gasteiger partial charge < -0.3 is 9.32 Å². The van der Waals surface area contributed by atoms with Gasteiger partial charge in [0.05, 0.1) is 5.41 Å². The standard InChI is InChI=1S/C47H31NO/c1-3-13-33(14-4-1)47(43-20-10-7-17-38(43)39-18-8-11-21-44(39)47)34-25-28-36(29-26-34)48(35-15-5-2-6-16-35)37-27-23-32-24-30-41-40-19-9-12-22-45(40)49-46(41)42(32)31-37/h1-31H. The minimum absolute atomic E-state index is 0.430. The summed E-state index contributed by atoms with van der Waals surface area (Å²) in [4.78, 5) is 2.34. The number of hydrogen-bond donors (Lipinski definition) is 0. The van der Waals surface area contributed by atoms with Gasteiger partial charge in [-0.1, -0.05) is 140 Å². The molecule has 10 rings (SSSR count). The van der Waals surface area contributed by atoms with Crippen molar-refractivity contribution in [2.75, 3.05) is 4.90 Å². The molecule has 0 saturated carbocycles. The summed E-state index contributed by atoms with van der Waals surface area (Å²) in [5.74, 6) is 0. The van der Waals surface area contributed by atoms with Gasteiger partial charge in [0.2, 0.25) is 0 Å². The molecule has 0 atom stereocenters. The first-order valence-corrected chi connectivity index (χ1v) is 16.9. The third-order valence-electron chi connectivity index (χ3n) is 10.3. The van der Waals surface area contributed by atoms with E-state index in [9.17, 15) is 0 Å². The monoisotopic (exact) mass is 625 g/mol. The van der Waals surface area contributed by atoms with Gasteiger partial charge in [0, 0.05) is 33.2 Å². The number of furan rings is 1. The van der Waals surface area contributed by atoms with Crippen LogP contribution in [0.2, 0.25) is 0 Å². The molecule has 2 nitrogen and oxygen atoms in total. The van der Waals surface area contributed by atoms with Crippen LogP contribution in [0, 0.1) is 0 Å². The molecule has 8 aromatic carbocycles. The summed E-state index contributed by atoms with van der Waals surface area (Å²) in [6.45, 7) is 0. The summed E-state index contributed by atoms with van der Waals surface area (Å²) in [5, 5.41) is 4.54. The smallest absolute Gasteiger partial charge is 0.143 e. The van der Waals surface area contributed by atoms with Crippen LogP contribution in [-0.4, -0.2) is 0 Å². The summed E-state index contributed by atoms with van der Waals surface area (Å²) in [6.07, 6.45) is 0. The van der Waals surface area contributed by atoms with E-state index < -0.39 is 5.41 Å². The Kier molecular flexibility index (Phi) is 6.13. The van der Waals surface area contributed by atoms with Gasteiger partial charge in [-0.3, -0.25) is 0 Å². The molecule has 9 aromatic rings. The molecule has 49 heavy (non-hydrogen) atoms. The van der Waals surface area contributed by atoms with Crippen molar-refractivity contribution in [2.45, 2.75) is 5.41 Å². The summed E-state index contributed by atoms with van der Waals surface area (Å²) >= 11 is 0.